The molecule has 3 nitrogen and oxygen atoms in total. The number of thioether (sulfide) groups is 1. The third-order valence-corrected chi connectivity index (χ3v) is 3.69. The predicted octanol–water partition coefficient (Wildman–Crippen LogP) is 3.03. The van der Waals surface area contributed by atoms with E-state index in [4.69, 9.17) is 16.7 Å². The van der Waals surface area contributed by atoms with Gasteiger partial charge in [-0.05, 0) is 6.92 Å². The van der Waals surface area contributed by atoms with Gasteiger partial charge in [-0.15, -0.1) is 11.8 Å². The van der Waals surface area contributed by atoms with Gasteiger partial charge in [0, 0.05) is 16.7 Å². The van der Waals surface area contributed by atoms with Gasteiger partial charge in [0.15, 0.2) is 0 Å². The highest BCUT2D eigenvalue weighted by molar-refractivity contribution is 7.99. The third kappa shape index (κ3) is 3.34. The number of aliphatic hydroxyl groups excluding tert-OH is 1. The molecular formula is C11H17ClN2OS. The summed E-state index contributed by atoms with van der Waals surface area (Å²) in [7, 11) is 0. The number of rotatable bonds is 4. The standard InChI is InChI=1S/C11H17ClN2OS/c1-6(2)10-13-9(12)8(4)11(14-10)16-7(3)5-15/h6-7,15H,5H2,1-4H3. The lowest BCUT2D eigenvalue weighted by Gasteiger charge is -2.13. The Morgan fingerprint density at radius 1 is 1.31 bits per heavy atom. The average molecular weight is 261 g/mol. The molecule has 1 N–H and O–H groups in total. The summed E-state index contributed by atoms with van der Waals surface area (Å²) < 4.78 is 0. The summed E-state index contributed by atoms with van der Waals surface area (Å²) in [5, 5.41) is 10.5. The second kappa shape index (κ2) is 5.84. The van der Waals surface area contributed by atoms with Gasteiger partial charge < -0.3 is 5.11 Å². The Labute approximate surface area is 106 Å². The number of nitrogens with zero attached hydrogens (tertiary/aromatic N) is 2. The van der Waals surface area contributed by atoms with Gasteiger partial charge in [-0.3, -0.25) is 0 Å². The summed E-state index contributed by atoms with van der Waals surface area (Å²) in [6, 6.07) is 0. The molecule has 1 heterocycles. The summed E-state index contributed by atoms with van der Waals surface area (Å²) >= 11 is 7.59. The van der Waals surface area contributed by atoms with Crippen molar-refractivity contribution in [2.45, 2.75) is 43.9 Å². The van der Waals surface area contributed by atoms with E-state index in [0.717, 1.165) is 16.4 Å². The van der Waals surface area contributed by atoms with Crippen molar-refractivity contribution >= 4 is 23.4 Å². The fraction of sp³-hybridized carbons (Fsp3) is 0.636. The van der Waals surface area contributed by atoms with Crippen LogP contribution >= 0.6 is 23.4 Å². The molecule has 16 heavy (non-hydrogen) atoms. The molecule has 1 atom stereocenters. The Hall–Kier alpha value is -0.320. The van der Waals surface area contributed by atoms with E-state index in [1.807, 2.05) is 27.7 Å². The van der Waals surface area contributed by atoms with Gasteiger partial charge >= 0.3 is 0 Å². The highest BCUT2D eigenvalue weighted by Crippen LogP contribution is 2.29. The van der Waals surface area contributed by atoms with Gasteiger partial charge in [0.25, 0.3) is 0 Å². The first-order valence-corrected chi connectivity index (χ1v) is 6.53. The maximum atomic E-state index is 9.04. The number of aromatic nitrogens is 2. The molecule has 90 valence electrons. The Balaban J connectivity index is 3.06. The molecule has 0 bridgehead atoms. The molecule has 1 aromatic rings. The summed E-state index contributed by atoms with van der Waals surface area (Å²) in [6.45, 7) is 8.05. The number of hydrogen-bond donors (Lipinski definition) is 1. The third-order valence-electron chi connectivity index (χ3n) is 2.15. The quantitative estimate of drug-likeness (QED) is 0.668. The van der Waals surface area contributed by atoms with Crippen LogP contribution in [-0.4, -0.2) is 26.9 Å². The number of aliphatic hydroxyl groups is 1. The molecule has 0 aliphatic carbocycles. The van der Waals surface area contributed by atoms with Crippen molar-refractivity contribution in [2.75, 3.05) is 6.61 Å². The van der Waals surface area contributed by atoms with Crippen LogP contribution in [-0.2, 0) is 0 Å². The van der Waals surface area contributed by atoms with Crippen molar-refractivity contribution < 1.29 is 5.11 Å². The zero-order valence-electron chi connectivity index (χ0n) is 9.99. The van der Waals surface area contributed by atoms with Gasteiger partial charge in [0.1, 0.15) is 16.0 Å². The first kappa shape index (κ1) is 13.7. The SMILES string of the molecule is Cc1c(Cl)nc(C(C)C)nc1SC(C)CO. The molecule has 0 amide bonds. The lowest BCUT2D eigenvalue weighted by Crippen LogP contribution is -2.06. The van der Waals surface area contributed by atoms with Crippen molar-refractivity contribution in [2.24, 2.45) is 0 Å². The molecule has 1 rings (SSSR count). The topological polar surface area (TPSA) is 46.0 Å². The van der Waals surface area contributed by atoms with Crippen LogP contribution in [0.1, 0.15) is 38.1 Å². The summed E-state index contributed by atoms with van der Waals surface area (Å²) in [6.07, 6.45) is 0. The Morgan fingerprint density at radius 3 is 2.44 bits per heavy atom. The Morgan fingerprint density at radius 2 is 1.94 bits per heavy atom. The minimum Gasteiger partial charge on any atom is -0.395 e. The van der Waals surface area contributed by atoms with Crippen LogP contribution < -0.4 is 0 Å². The molecule has 0 saturated heterocycles. The van der Waals surface area contributed by atoms with E-state index in [-0.39, 0.29) is 17.8 Å². The van der Waals surface area contributed by atoms with E-state index in [0.29, 0.717) is 5.15 Å². The first-order chi connectivity index (χ1) is 7.45. The smallest absolute Gasteiger partial charge is 0.136 e. The fourth-order valence-electron chi connectivity index (χ4n) is 1.09. The molecule has 0 aliphatic heterocycles. The van der Waals surface area contributed by atoms with Crippen molar-refractivity contribution in [1.82, 2.24) is 9.97 Å². The molecule has 5 heteroatoms. The monoisotopic (exact) mass is 260 g/mol. The van der Waals surface area contributed by atoms with Crippen LogP contribution in [0.2, 0.25) is 5.15 Å². The molecule has 0 aromatic carbocycles. The van der Waals surface area contributed by atoms with Gasteiger partial charge in [0.2, 0.25) is 0 Å². The van der Waals surface area contributed by atoms with E-state index in [1.54, 1.807) is 0 Å². The van der Waals surface area contributed by atoms with Gasteiger partial charge in [-0.2, -0.15) is 0 Å². The van der Waals surface area contributed by atoms with Gasteiger partial charge in [-0.1, -0.05) is 32.4 Å². The Bertz CT molecular complexity index is 371. The van der Waals surface area contributed by atoms with Crippen molar-refractivity contribution in [3.63, 3.8) is 0 Å². The van der Waals surface area contributed by atoms with Crippen LogP contribution in [0.3, 0.4) is 0 Å². The molecule has 0 fully saturated rings. The van der Waals surface area contributed by atoms with Crippen LogP contribution in [0.25, 0.3) is 0 Å². The van der Waals surface area contributed by atoms with E-state index in [9.17, 15) is 0 Å². The van der Waals surface area contributed by atoms with E-state index in [2.05, 4.69) is 9.97 Å². The molecule has 0 saturated carbocycles. The zero-order valence-corrected chi connectivity index (χ0v) is 11.6. The molecule has 1 aromatic heterocycles. The van der Waals surface area contributed by atoms with Gasteiger partial charge in [-0.25, -0.2) is 9.97 Å². The van der Waals surface area contributed by atoms with E-state index < -0.39 is 0 Å². The number of halogens is 1. The average Bonchev–Trinajstić information content (AvgIpc) is 2.23. The minimum atomic E-state index is 0.115. The van der Waals surface area contributed by atoms with Crippen LogP contribution in [0.4, 0.5) is 0 Å². The maximum Gasteiger partial charge on any atom is 0.136 e. The molecule has 0 spiro atoms. The molecule has 0 aliphatic rings. The lowest BCUT2D eigenvalue weighted by atomic mass is 10.2. The molecular weight excluding hydrogens is 244 g/mol. The second-order valence-electron chi connectivity index (χ2n) is 4.07. The normalized spacial score (nSPS) is 13.2. The lowest BCUT2D eigenvalue weighted by molar-refractivity contribution is 0.300. The predicted molar refractivity (Wildman–Crippen MR) is 68.3 cm³/mol. The van der Waals surface area contributed by atoms with Crippen LogP contribution in [0.15, 0.2) is 5.03 Å². The highest BCUT2D eigenvalue weighted by atomic mass is 35.5. The fourth-order valence-corrected chi connectivity index (χ4v) is 2.19. The second-order valence-corrected chi connectivity index (χ2v) is 5.85. The molecule has 0 radical (unpaired) electrons. The summed E-state index contributed by atoms with van der Waals surface area (Å²) in [5.41, 5.74) is 0.886. The first-order valence-electron chi connectivity index (χ1n) is 5.27. The van der Waals surface area contributed by atoms with E-state index in [1.165, 1.54) is 11.8 Å². The van der Waals surface area contributed by atoms with Crippen LogP contribution in [0.5, 0.6) is 0 Å². The molecule has 1 unspecified atom stereocenters. The minimum absolute atomic E-state index is 0.115. The highest BCUT2D eigenvalue weighted by Gasteiger charge is 2.14. The van der Waals surface area contributed by atoms with E-state index >= 15 is 0 Å². The Kier molecular flexibility index (Phi) is 5.02. The van der Waals surface area contributed by atoms with Crippen molar-refractivity contribution in [3.8, 4) is 0 Å². The summed E-state index contributed by atoms with van der Waals surface area (Å²) in [4.78, 5) is 8.72. The zero-order chi connectivity index (χ0) is 12.3. The maximum absolute atomic E-state index is 9.04. The summed E-state index contributed by atoms with van der Waals surface area (Å²) in [5.74, 6) is 1.00. The van der Waals surface area contributed by atoms with Crippen molar-refractivity contribution in [3.05, 3.63) is 16.5 Å². The number of hydrogen-bond acceptors (Lipinski definition) is 4. The van der Waals surface area contributed by atoms with Gasteiger partial charge in [0.05, 0.1) is 6.61 Å². The van der Waals surface area contributed by atoms with Crippen LogP contribution in [0, 0.1) is 6.92 Å². The van der Waals surface area contributed by atoms with Crippen molar-refractivity contribution in [1.29, 1.82) is 0 Å². The largest absolute Gasteiger partial charge is 0.395 e.